The Morgan fingerprint density at radius 3 is 2.71 bits per heavy atom. The van der Waals surface area contributed by atoms with Gasteiger partial charge < -0.3 is 10.1 Å². The van der Waals surface area contributed by atoms with Crippen LogP contribution in [0.1, 0.15) is 17.3 Å². The Labute approximate surface area is 148 Å². The van der Waals surface area contributed by atoms with E-state index in [0.717, 1.165) is 0 Å². The van der Waals surface area contributed by atoms with Crippen LogP contribution < -0.4 is 10.6 Å². The number of esters is 1. The van der Waals surface area contributed by atoms with Gasteiger partial charge in [0.25, 0.3) is 0 Å². The van der Waals surface area contributed by atoms with Gasteiger partial charge >= 0.3 is 12.0 Å². The highest BCUT2D eigenvalue weighted by Crippen LogP contribution is 2.22. The number of carbonyl (C=O) groups is 2. The Bertz CT molecular complexity index is 757. The second-order valence-electron chi connectivity index (χ2n) is 4.40. The molecule has 0 aliphatic carbocycles. The molecule has 0 bridgehead atoms. The zero-order valence-corrected chi connectivity index (χ0v) is 14.6. The summed E-state index contributed by atoms with van der Waals surface area (Å²) in [4.78, 5) is 32.3. The summed E-state index contributed by atoms with van der Waals surface area (Å²) in [6, 6.07) is 6.21. The summed E-state index contributed by atoms with van der Waals surface area (Å²) in [5.41, 5.74) is 0.512. The minimum atomic E-state index is -0.613. The predicted octanol–water partition coefficient (Wildman–Crippen LogP) is 3.67. The molecule has 0 aliphatic rings. The smallest absolute Gasteiger partial charge is 0.343 e. The summed E-state index contributed by atoms with van der Waals surface area (Å²) in [5, 5.41) is 5.93. The standard InChI is InChI=1S/C15H15ClN4O3S/c1-3-23-13(21)9-8-17-15(24-2)20-12(9)19-14(22)18-11-7-5-4-6-10(11)16/h4-8H,3H2,1-2H3,(H2,17,18,19,20,22). The molecule has 126 valence electrons. The first-order valence-electron chi connectivity index (χ1n) is 6.95. The maximum Gasteiger partial charge on any atom is 0.343 e. The Morgan fingerprint density at radius 1 is 1.29 bits per heavy atom. The number of rotatable bonds is 5. The van der Waals surface area contributed by atoms with Gasteiger partial charge in [-0.3, -0.25) is 5.32 Å². The van der Waals surface area contributed by atoms with Crippen molar-refractivity contribution in [2.24, 2.45) is 0 Å². The van der Waals surface area contributed by atoms with Gasteiger partial charge in [-0.05, 0) is 25.3 Å². The summed E-state index contributed by atoms with van der Waals surface area (Å²) < 4.78 is 4.94. The van der Waals surface area contributed by atoms with Crippen LogP contribution in [0.15, 0.2) is 35.6 Å². The quantitative estimate of drug-likeness (QED) is 0.476. The maximum absolute atomic E-state index is 12.2. The lowest BCUT2D eigenvalue weighted by Crippen LogP contribution is -2.23. The van der Waals surface area contributed by atoms with Gasteiger partial charge in [-0.2, -0.15) is 0 Å². The van der Waals surface area contributed by atoms with Gasteiger partial charge in [0.2, 0.25) is 0 Å². The minimum absolute atomic E-state index is 0.0670. The van der Waals surface area contributed by atoms with Gasteiger partial charge in [0.05, 0.1) is 17.3 Å². The van der Waals surface area contributed by atoms with E-state index in [4.69, 9.17) is 16.3 Å². The van der Waals surface area contributed by atoms with Crippen molar-refractivity contribution in [2.45, 2.75) is 12.1 Å². The van der Waals surface area contributed by atoms with Gasteiger partial charge in [-0.25, -0.2) is 19.6 Å². The molecule has 2 N–H and O–H groups in total. The molecule has 0 radical (unpaired) electrons. The van der Waals surface area contributed by atoms with E-state index < -0.39 is 12.0 Å². The molecule has 0 saturated heterocycles. The highest BCUT2D eigenvalue weighted by Gasteiger charge is 2.18. The van der Waals surface area contributed by atoms with E-state index in [-0.39, 0.29) is 18.0 Å². The van der Waals surface area contributed by atoms with E-state index in [9.17, 15) is 9.59 Å². The molecule has 1 aromatic heterocycles. The Hall–Kier alpha value is -2.32. The van der Waals surface area contributed by atoms with E-state index in [1.165, 1.54) is 18.0 Å². The molecule has 1 aromatic carbocycles. The molecule has 24 heavy (non-hydrogen) atoms. The monoisotopic (exact) mass is 366 g/mol. The number of benzene rings is 1. The summed E-state index contributed by atoms with van der Waals surface area (Å²) >= 11 is 7.28. The van der Waals surface area contributed by atoms with E-state index >= 15 is 0 Å². The fourth-order valence-corrected chi connectivity index (χ4v) is 2.26. The molecule has 0 fully saturated rings. The Balaban J connectivity index is 2.22. The second-order valence-corrected chi connectivity index (χ2v) is 5.58. The lowest BCUT2D eigenvalue weighted by atomic mass is 10.3. The molecule has 2 aromatic rings. The fraction of sp³-hybridized carbons (Fsp3) is 0.200. The van der Waals surface area contributed by atoms with E-state index in [1.807, 2.05) is 0 Å². The molecule has 0 atom stereocenters. The first kappa shape index (κ1) is 18.0. The average Bonchev–Trinajstić information content (AvgIpc) is 2.57. The SMILES string of the molecule is CCOC(=O)c1cnc(SC)nc1NC(=O)Nc1ccccc1Cl. The lowest BCUT2D eigenvalue weighted by molar-refractivity contribution is 0.0526. The van der Waals surface area contributed by atoms with Crippen molar-refractivity contribution in [2.75, 3.05) is 23.5 Å². The number of nitrogens with zero attached hydrogens (tertiary/aromatic N) is 2. The summed E-state index contributed by atoms with van der Waals surface area (Å²) in [6.07, 6.45) is 3.11. The number of hydrogen-bond donors (Lipinski definition) is 2. The largest absolute Gasteiger partial charge is 0.462 e. The molecule has 0 unspecified atom stereocenters. The molecule has 9 heteroatoms. The first-order chi connectivity index (χ1) is 11.5. The number of anilines is 2. The van der Waals surface area contributed by atoms with Crippen molar-refractivity contribution in [3.63, 3.8) is 0 Å². The molecule has 2 amide bonds. The number of halogens is 1. The van der Waals surface area contributed by atoms with E-state index in [2.05, 4.69) is 20.6 Å². The van der Waals surface area contributed by atoms with Crippen LogP contribution in [0.2, 0.25) is 5.02 Å². The topological polar surface area (TPSA) is 93.2 Å². The lowest BCUT2D eigenvalue weighted by Gasteiger charge is -2.11. The minimum Gasteiger partial charge on any atom is -0.462 e. The third kappa shape index (κ3) is 4.59. The van der Waals surface area contributed by atoms with Crippen molar-refractivity contribution in [3.8, 4) is 0 Å². The zero-order valence-electron chi connectivity index (χ0n) is 13.0. The number of ether oxygens (including phenoxy) is 1. The number of para-hydroxylation sites is 1. The predicted molar refractivity (Wildman–Crippen MR) is 93.9 cm³/mol. The van der Waals surface area contributed by atoms with Crippen molar-refractivity contribution in [3.05, 3.63) is 41.0 Å². The highest BCUT2D eigenvalue weighted by molar-refractivity contribution is 7.98. The van der Waals surface area contributed by atoms with Crippen LogP contribution in [0.25, 0.3) is 0 Å². The van der Waals surface area contributed by atoms with Crippen LogP contribution in [0.4, 0.5) is 16.3 Å². The summed E-state index contributed by atoms with van der Waals surface area (Å²) in [7, 11) is 0. The van der Waals surface area contributed by atoms with E-state index in [1.54, 1.807) is 37.4 Å². The Morgan fingerprint density at radius 2 is 2.04 bits per heavy atom. The molecular weight excluding hydrogens is 352 g/mol. The molecule has 1 heterocycles. The summed E-state index contributed by atoms with van der Waals surface area (Å²) in [6.45, 7) is 1.89. The number of amides is 2. The molecular formula is C15H15ClN4O3S. The van der Waals surface area contributed by atoms with Gasteiger partial charge in [-0.15, -0.1) is 0 Å². The van der Waals surface area contributed by atoms with Crippen molar-refractivity contribution in [1.29, 1.82) is 0 Å². The van der Waals surface area contributed by atoms with Gasteiger partial charge in [-0.1, -0.05) is 35.5 Å². The molecule has 0 spiro atoms. The van der Waals surface area contributed by atoms with Crippen LogP contribution in [-0.4, -0.2) is 34.8 Å². The van der Waals surface area contributed by atoms with Crippen LogP contribution in [0.3, 0.4) is 0 Å². The fourth-order valence-electron chi connectivity index (χ4n) is 1.74. The summed E-state index contributed by atoms with van der Waals surface area (Å²) in [5.74, 6) is -0.546. The van der Waals surface area contributed by atoms with Gasteiger partial charge in [0, 0.05) is 6.20 Å². The zero-order chi connectivity index (χ0) is 17.5. The molecule has 7 nitrogen and oxygen atoms in total. The molecule has 0 aliphatic heterocycles. The normalized spacial score (nSPS) is 10.1. The molecule has 2 rings (SSSR count). The third-order valence-corrected chi connectivity index (χ3v) is 3.69. The number of hydrogen-bond acceptors (Lipinski definition) is 6. The van der Waals surface area contributed by atoms with Crippen molar-refractivity contribution < 1.29 is 14.3 Å². The van der Waals surface area contributed by atoms with Crippen molar-refractivity contribution >= 4 is 46.9 Å². The number of urea groups is 1. The van der Waals surface area contributed by atoms with Crippen LogP contribution >= 0.6 is 23.4 Å². The van der Waals surface area contributed by atoms with Crippen LogP contribution in [0.5, 0.6) is 0 Å². The maximum atomic E-state index is 12.2. The number of aromatic nitrogens is 2. The van der Waals surface area contributed by atoms with Crippen LogP contribution in [0, 0.1) is 0 Å². The van der Waals surface area contributed by atoms with Crippen LogP contribution in [-0.2, 0) is 4.74 Å². The first-order valence-corrected chi connectivity index (χ1v) is 8.56. The van der Waals surface area contributed by atoms with Crippen molar-refractivity contribution in [1.82, 2.24) is 9.97 Å². The van der Waals surface area contributed by atoms with Gasteiger partial charge in [0.1, 0.15) is 5.56 Å². The highest BCUT2D eigenvalue weighted by atomic mass is 35.5. The second kappa shape index (κ2) is 8.51. The van der Waals surface area contributed by atoms with E-state index in [0.29, 0.717) is 15.9 Å². The Kier molecular flexibility index (Phi) is 6.39. The third-order valence-electron chi connectivity index (χ3n) is 2.80. The molecule has 0 saturated carbocycles. The number of nitrogens with one attached hydrogen (secondary N) is 2. The average molecular weight is 367 g/mol. The van der Waals surface area contributed by atoms with Gasteiger partial charge in [0.15, 0.2) is 11.0 Å². The number of thioether (sulfide) groups is 1. The number of carbonyl (C=O) groups excluding carboxylic acids is 2.